The van der Waals surface area contributed by atoms with E-state index in [0.717, 1.165) is 27.8 Å². The normalized spacial score (nSPS) is 10.8. The van der Waals surface area contributed by atoms with Gasteiger partial charge in [0.05, 0.1) is 6.26 Å². The molecule has 1 aromatic heterocycles. The first-order valence-corrected chi connectivity index (χ1v) is 6.22. The Balaban J connectivity index is 1.82. The number of phenolic OH excluding ortho intramolecular Hbond substituents is 1. The second kappa shape index (κ2) is 4.69. The van der Waals surface area contributed by atoms with Crippen molar-refractivity contribution >= 4 is 16.7 Å². The molecule has 0 radical (unpaired) electrons. The maximum absolute atomic E-state index is 9.39. The van der Waals surface area contributed by atoms with E-state index in [-0.39, 0.29) is 5.75 Å². The Morgan fingerprint density at radius 3 is 2.84 bits per heavy atom. The van der Waals surface area contributed by atoms with E-state index >= 15 is 0 Å². The largest absolute Gasteiger partial charge is 0.508 e. The van der Waals surface area contributed by atoms with Gasteiger partial charge >= 0.3 is 0 Å². The van der Waals surface area contributed by atoms with Gasteiger partial charge < -0.3 is 14.8 Å². The van der Waals surface area contributed by atoms with Crippen molar-refractivity contribution in [2.24, 2.45) is 0 Å². The van der Waals surface area contributed by atoms with E-state index in [9.17, 15) is 5.11 Å². The standard InChI is InChI=1S/C16H15NO2/c1-11-8-13(18)6-7-15(11)17-9-12-10-19-16-5-3-2-4-14(12)16/h2-8,10,17-18H,9H2,1H3. The number of hydrogen-bond donors (Lipinski definition) is 2. The zero-order valence-electron chi connectivity index (χ0n) is 10.7. The van der Waals surface area contributed by atoms with Crippen LogP contribution in [0.1, 0.15) is 11.1 Å². The van der Waals surface area contributed by atoms with Crippen molar-refractivity contribution in [1.82, 2.24) is 0 Å². The summed E-state index contributed by atoms with van der Waals surface area (Å²) in [5.74, 6) is 0.289. The van der Waals surface area contributed by atoms with E-state index in [0.29, 0.717) is 6.54 Å². The predicted molar refractivity (Wildman–Crippen MR) is 76.4 cm³/mol. The fourth-order valence-corrected chi connectivity index (χ4v) is 2.21. The quantitative estimate of drug-likeness (QED) is 0.692. The van der Waals surface area contributed by atoms with Crippen molar-refractivity contribution < 1.29 is 9.52 Å². The number of hydrogen-bond acceptors (Lipinski definition) is 3. The molecule has 0 aliphatic carbocycles. The fraction of sp³-hybridized carbons (Fsp3) is 0.125. The third kappa shape index (κ3) is 2.27. The molecule has 0 aliphatic rings. The van der Waals surface area contributed by atoms with Gasteiger partial charge in [-0.05, 0) is 36.8 Å². The molecule has 0 spiro atoms. The van der Waals surface area contributed by atoms with Gasteiger partial charge in [0.15, 0.2) is 0 Å². The number of fused-ring (bicyclic) bond motifs is 1. The van der Waals surface area contributed by atoms with Gasteiger partial charge in [0, 0.05) is 23.2 Å². The SMILES string of the molecule is Cc1cc(O)ccc1NCc1coc2ccccc12. The first-order valence-electron chi connectivity index (χ1n) is 6.22. The van der Waals surface area contributed by atoms with Crippen LogP contribution in [0.15, 0.2) is 53.1 Å². The molecule has 2 N–H and O–H groups in total. The van der Waals surface area contributed by atoms with Gasteiger partial charge in [-0.3, -0.25) is 0 Å². The van der Waals surface area contributed by atoms with Crippen molar-refractivity contribution in [3.05, 3.63) is 59.9 Å². The van der Waals surface area contributed by atoms with E-state index in [4.69, 9.17) is 4.42 Å². The molecule has 1 heterocycles. The molecule has 0 saturated carbocycles. The van der Waals surface area contributed by atoms with Crippen molar-refractivity contribution in [2.75, 3.05) is 5.32 Å². The van der Waals surface area contributed by atoms with Crippen molar-refractivity contribution in [1.29, 1.82) is 0 Å². The second-order valence-electron chi connectivity index (χ2n) is 4.61. The van der Waals surface area contributed by atoms with E-state index in [1.54, 1.807) is 18.4 Å². The molecule has 19 heavy (non-hydrogen) atoms. The Labute approximate surface area is 111 Å². The summed E-state index contributed by atoms with van der Waals surface area (Å²) >= 11 is 0. The van der Waals surface area contributed by atoms with Gasteiger partial charge in [0.2, 0.25) is 0 Å². The summed E-state index contributed by atoms with van der Waals surface area (Å²) in [6.07, 6.45) is 1.79. The van der Waals surface area contributed by atoms with Crippen LogP contribution in [0.4, 0.5) is 5.69 Å². The first-order chi connectivity index (χ1) is 9.24. The van der Waals surface area contributed by atoms with E-state index in [1.165, 1.54) is 0 Å². The lowest BCUT2D eigenvalue weighted by Crippen LogP contribution is -2.00. The average Bonchev–Trinajstić information content (AvgIpc) is 2.81. The molecule has 0 unspecified atom stereocenters. The molecule has 0 fully saturated rings. The summed E-state index contributed by atoms with van der Waals surface area (Å²) in [7, 11) is 0. The Morgan fingerprint density at radius 1 is 1.16 bits per heavy atom. The smallest absolute Gasteiger partial charge is 0.134 e. The van der Waals surface area contributed by atoms with E-state index < -0.39 is 0 Å². The number of aromatic hydroxyl groups is 1. The number of phenols is 1. The van der Waals surface area contributed by atoms with Crippen LogP contribution in [-0.4, -0.2) is 5.11 Å². The zero-order valence-corrected chi connectivity index (χ0v) is 10.7. The van der Waals surface area contributed by atoms with Crippen molar-refractivity contribution in [3.63, 3.8) is 0 Å². The molecule has 3 aromatic rings. The molecule has 0 saturated heterocycles. The predicted octanol–water partition coefficient (Wildman–Crippen LogP) is 4.06. The minimum atomic E-state index is 0.289. The minimum Gasteiger partial charge on any atom is -0.508 e. The van der Waals surface area contributed by atoms with Crippen LogP contribution in [0.3, 0.4) is 0 Å². The van der Waals surface area contributed by atoms with Gasteiger partial charge in [-0.2, -0.15) is 0 Å². The summed E-state index contributed by atoms with van der Waals surface area (Å²) in [4.78, 5) is 0. The van der Waals surface area contributed by atoms with Crippen LogP contribution in [0.2, 0.25) is 0 Å². The molecule has 0 amide bonds. The van der Waals surface area contributed by atoms with Crippen LogP contribution in [0, 0.1) is 6.92 Å². The minimum absolute atomic E-state index is 0.289. The molecule has 3 rings (SSSR count). The molecule has 96 valence electrons. The molecule has 0 atom stereocenters. The number of aryl methyl sites for hydroxylation is 1. The summed E-state index contributed by atoms with van der Waals surface area (Å²) in [5, 5.41) is 13.9. The van der Waals surface area contributed by atoms with Gasteiger partial charge in [-0.1, -0.05) is 18.2 Å². The Morgan fingerprint density at radius 2 is 2.00 bits per heavy atom. The lowest BCUT2D eigenvalue weighted by Gasteiger charge is -2.08. The van der Waals surface area contributed by atoms with Crippen LogP contribution in [0.5, 0.6) is 5.75 Å². The maximum Gasteiger partial charge on any atom is 0.134 e. The molecular formula is C16H15NO2. The second-order valence-corrected chi connectivity index (χ2v) is 4.61. The molecule has 0 aliphatic heterocycles. The molecule has 3 heteroatoms. The Bertz CT molecular complexity index is 716. The van der Waals surface area contributed by atoms with Crippen molar-refractivity contribution in [3.8, 4) is 5.75 Å². The summed E-state index contributed by atoms with van der Waals surface area (Å²) in [6.45, 7) is 2.66. The number of para-hydroxylation sites is 1. The van der Waals surface area contributed by atoms with Gasteiger partial charge in [0.25, 0.3) is 0 Å². The number of nitrogens with one attached hydrogen (secondary N) is 1. The van der Waals surface area contributed by atoms with Crippen molar-refractivity contribution in [2.45, 2.75) is 13.5 Å². The fourth-order valence-electron chi connectivity index (χ4n) is 2.21. The zero-order chi connectivity index (χ0) is 13.2. The van der Waals surface area contributed by atoms with E-state index in [2.05, 4.69) is 11.4 Å². The third-order valence-corrected chi connectivity index (χ3v) is 3.24. The number of anilines is 1. The highest BCUT2D eigenvalue weighted by Gasteiger charge is 2.05. The summed E-state index contributed by atoms with van der Waals surface area (Å²) in [5.41, 5.74) is 4.07. The first kappa shape index (κ1) is 11.7. The number of rotatable bonds is 3. The number of benzene rings is 2. The highest BCUT2D eigenvalue weighted by molar-refractivity contribution is 5.81. The number of furan rings is 1. The van der Waals surface area contributed by atoms with Crippen LogP contribution in [0.25, 0.3) is 11.0 Å². The lowest BCUT2D eigenvalue weighted by atomic mass is 10.1. The van der Waals surface area contributed by atoms with Crippen LogP contribution in [-0.2, 0) is 6.54 Å². The average molecular weight is 253 g/mol. The monoisotopic (exact) mass is 253 g/mol. The van der Waals surface area contributed by atoms with E-state index in [1.807, 2.05) is 31.2 Å². The molecular weight excluding hydrogens is 238 g/mol. The van der Waals surface area contributed by atoms with Gasteiger partial charge in [-0.15, -0.1) is 0 Å². The van der Waals surface area contributed by atoms with Gasteiger partial charge in [0.1, 0.15) is 11.3 Å². The summed E-state index contributed by atoms with van der Waals surface area (Å²) < 4.78 is 5.51. The Hall–Kier alpha value is -2.42. The molecule has 0 bridgehead atoms. The maximum atomic E-state index is 9.39. The van der Waals surface area contributed by atoms with Crippen LogP contribution >= 0.6 is 0 Å². The Kier molecular flexibility index (Phi) is 2.88. The van der Waals surface area contributed by atoms with Gasteiger partial charge in [-0.25, -0.2) is 0 Å². The topological polar surface area (TPSA) is 45.4 Å². The summed E-state index contributed by atoms with van der Waals surface area (Å²) in [6, 6.07) is 13.3. The highest BCUT2D eigenvalue weighted by Crippen LogP contribution is 2.24. The molecule has 3 nitrogen and oxygen atoms in total. The lowest BCUT2D eigenvalue weighted by molar-refractivity contribution is 0.475. The molecule has 2 aromatic carbocycles. The third-order valence-electron chi connectivity index (χ3n) is 3.24. The van der Waals surface area contributed by atoms with Crippen LogP contribution < -0.4 is 5.32 Å². The highest BCUT2D eigenvalue weighted by atomic mass is 16.3.